The minimum absolute atomic E-state index is 0.180. The minimum Gasteiger partial charge on any atom is -0.471 e. The van der Waals surface area contributed by atoms with Crippen LogP contribution in [0.3, 0.4) is 0 Å². The van der Waals surface area contributed by atoms with E-state index in [9.17, 15) is 0 Å². The smallest absolute Gasteiger partial charge is 0.213 e. The number of para-hydroxylation sites is 1. The van der Waals surface area contributed by atoms with E-state index in [-0.39, 0.29) is 12.5 Å². The van der Waals surface area contributed by atoms with E-state index in [1.54, 1.807) is 22.9 Å². The second-order valence-corrected chi connectivity index (χ2v) is 6.78. The highest BCUT2D eigenvalue weighted by atomic mass is 35.5. The Morgan fingerprint density at radius 1 is 1.08 bits per heavy atom. The maximum absolute atomic E-state index is 6.34. The fraction of sp³-hybridized carbons (Fsp3) is 0.278. The number of ether oxygens (including phenoxy) is 1. The Morgan fingerprint density at radius 2 is 1.76 bits per heavy atom. The van der Waals surface area contributed by atoms with Crippen molar-refractivity contribution in [3.8, 4) is 11.6 Å². The lowest BCUT2D eigenvalue weighted by Crippen LogP contribution is -2.10. The SMILES string of the molecule is Cc1cccc(OCc2c(C(C)C)nnn2-c2c(Cl)cccc2Cl)n1. The van der Waals surface area contributed by atoms with Gasteiger partial charge in [0.05, 0.1) is 15.7 Å². The third-order valence-corrected chi connectivity index (χ3v) is 4.32. The molecule has 0 unspecified atom stereocenters. The molecule has 0 amide bonds. The first-order valence-electron chi connectivity index (χ1n) is 7.92. The number of benzene rings is 1. The van der Waals surface area contributed by atoms with Crippen LogP contribution in [-0.4, -0.2) is 20.0 Å². The summed E-state index contributed by atoms with van der Waals surface area (Å²) >= 11 is 12.7. The van der Waals surface area contributed by atoms with Crippen molar-refractivity contribution in [3.05, 3.63) is 63.5 Å². The summed E-state index contributed by atoms with van der Waals surface area (Å²) in [5, 5.41) is 9.56. The summed E-state index contributed by atoms with van der Waals surface area (Å²) in [6.45, 7) is 6.29. The first kappa shape index (κ1) is 17.7. The molecule has 0 bridgehead atoms. The first-order chi connectivity index (χ1) is 12.0. The van der Waals surface area contributed by atoms with Crippen LogP contribution in [0.1, 0.15) is 36.8 Å². The van der Waals surface area contributed by atoms with E-state index in [2.05, 4.69) is 29.1 Å². The Kier molecular flexibility index (Phi) is 5.25. The molecular formula is C18H18Cl2N4O. The molecular weight excluding hydrogens is 359 g/mol. The summed E-state index contributed by atoms with van der Waals surface area (Å²) < 4.78 is 7.51. The topological polar surface area (TPSA) is 52.8 Å². The summed E-state index contributed by atoms with van der Waals surface area (Å²) in [6.07, 6.45) is 0. The highest BCUT2D eigenvalue weighted by Gasteiger charge is 2.21. The Balaban J connectivity index is 2.01. The number of hydrogen-bond donors (Lipinski definition) is 0. The van der Waals surface area contributed by atoms with Gasteiger partial charge in [0.1, 0.15) is 18.0 Å². The summed E-state index contributed by atoms with van der Waals surface area (Å²) in [7, 11) is 0. The van der Waals surface area contributed by atoms with Gasteiger partial charge in [-0.25, -0.2) is 9.67 Å². The third kappa shape index (κ3) is 3.78. The molecule has 0 saturated heterocycles. The molecule has 1 aromatic carbocycles. The zero-order chi connectivity index (χ0) is 18.0. The monoisotopic (exact) mass is 376 g/mol. The van der Waals surface area contributed by atoms with Crippen LogP contribution in [-0.2, 0) is 6.61 Å². The molecule has 3 rings (SSSR count). The summed E-state index contributed by atoms with van der Waals surface area (Å²) in [5.74, 6) is 0.729. The van der Waals surface area contributed by atoms with Crippen molar-refractivity contribution >= 4 is 23.2 Å². The van der Waals surface area contributed by atoms with Crippen LogP contribution in [0.25, 0.3) is 5.69 Å². The van der Waals surface area contributed by atoms with Gasteiger partial charge in [0.15, 0.2) is 0 Å². The number of nitrogens with zero attached hydrogens (tertiary/aromatic N) is 4. The van der Waals surface area contributed by atoms with E-state index in [0.717, 1.165) is 17.1 Å². The van der Waals surface area contributed by atoms with E-state index >= 15 is 0 Å². The van der Waals surface area contributed by atoms with Gasteiger partial charge in [-0.05, 0) is 31.0 Å². The van der Waals surface area contributed by atoms with E-state index in [0.29, 0.717) is 21.6 Å². The molecule has 0 atom stereocenters. The van der Waals surface area contributed by atoms with Crippen molar-refractivity contribution in [2.75, 3.05) is 0 Å². The first-order valence-corrected chi connectivity index (χ1v) is 8.68. The molecule has 7 heteroatoms. The van der Waals surface area contributed by atoms with E-state index < -0.39 is 0 Å². The number of hydrogen-bond acceptors (Lipinski definition) is 4. The standard InChI is InChI=1S/C18H18Cl2N4O/c1-11(2)17-15(10-25-16-9-4-6-12(3)21-16)24(23-22-17)18-13(19)7-5-8-14(18)20/h4-9,11H,10H2,1-3H3. The quantitative estimate of drug-likeness (QED) is 0.629. The lowest BCUT2D eigenvalue weighted by Gasteiger charge is -2.13. The maximum Gasteiger partial charge on any atom is 0.213 e. The van der Waals surface area contributed by atoms with Crippen LogP contribution in [0, 0.1) is 6.92 Å². The van der Waals surface area contributed by atoms with Gasteiger partial charge in [0.2, 0.25) is 5.88 Å². The molecule has 0 fully saturated rings. The maximum atomic E-state index is 6.34. The molecule has 0 radical (unpaired) electrons. The number of aromatic nitrogens is 4. The van der Waals surface area contributed by atoms with Crippen LogP contribution in [0.5, 0.6) is 5.88 Å². The van der Waals surface area contributed by atoms with Crippen molar-refractivity contribution in [1.82, 2.24) is 20.0 Å². The fourth-order valence-electron chi connectivity index (χ4n) is 2.51. The normalized spacial score (nSPS) is 11.1. The lowest BCUT2D eigenvalue weighted by molar-refractivity contribution is 0.283. The number of rotatable bonds is 5. The van der Waals surface area contributed by atoms with Crippen molar-refractivity contribution in [2.45, 2.75) is 33.3 Å². The minimum atomic E-state index is 0.180. The fourth-order valence-corrected chi connectivity index (χ4v) is 3.07. The van der Waals surface area contributed by atoms with Gasteiger partial charge < -0.3 is 4.74 Å². The van der Waals surface area contributed by atoms with Gasteiger partial charge >= 0.3 is 0 Å². The summed E-state index contributed by atoms with van der Waals surface area (Å²) in [6, 6.07) is 11.0. The molecule has 2 aromatic heterocycles. The largest absolute Gasteiger partial charge is 0.471 e. The molecule has 130 valence electrons. The molecule has 0 N–H and O–H groups in total. The Hall–Kier alpha value is -2.11. The summed E-state index contributed by atoms with van der Waals surface area (Å²) in [5.41, 5.74) is 3.13. The van der Waals surface area contributed by atoms with E-state index in [4.69, 9.17) is 27.9 Å². The average molecular weight is 377 g/mol. The van der Waals surface area contributed by atoms with Crippen molar-refractivity contribution in [2.24, 2.45) is 0 Å². The molecule has 2 heterocycles. The van der Waals surface area contributed by atoms with Crippen LogP contribution >= 0.6 is 23.2 Å². The van der Waals surface area contributed by atoms with Gasteiger partial charge in [-0.1, -0.05) is 54.4 Å². The van der Waals surface area contributed by atoms with Crippen molar-refractivity contribution in [3.63, 3.8) is 0 Å². The highest BCUT2D eigenvalue weighted by Crippen LogP contribution is 2.30. The number of pyridine rings is 1. The van der Waals surface area contributed by atoms with Crippen LogP contribution in [0.2, 0.25) is 10.0 Å². The van der Waals surface area contributed by atoms with Gasteiger partial charge in [-0.3, -0.25) is 0 Å². The zero-order valence-electron chi connectivity index (χ0n) is 14.2. The second kappa shape index (κ2) is 7.42. The third-order valence-electron chi connectivity index (χ3n) is 3.71. The molecule has 0 spiro atoms. The predicted molar refractivity (Wildman–Crippen MR) is 98.8 cm³/mol. The van der Waals surface area contributed by atoms with Crippen molar-refractivity contribution < 1.29 is 4.74 Å². The Morgan fingerprint density at radius 3 is 2.40 bits per heavy atom. The van der Waals surface area contributed by atoms with Crippen LogP contribution in [0.4, 0.5) is 0 Å². The molecule has 0 aliphatic heterocycles. The molecule has 0 aliphatic rings. The molecule has 5 nitrogen and oxygen atoms in total. The molecule has 0 aliphatic carbocycles. The van der Waals surface area contributed by atoms with Gasteiger partial charge in [0.25, 0.3) is 0 Å². The van der Waals surface area contributed by atoms with E-state index in [1.165, 1.54) is 0 Å². The number of aryl methyl sites for hydroxylation is 1. The van der Waals surface area contributed by atoms with E-state index in [1.807, 2.05) is 25.1 Å². The summed E-state index contributed by atoms with van der Waals surface area (Å²) in [4.78, 5) is 4.36. The van der Waals surface area contributed by atoms with Gasteiger partial charge in [-0.2, -0.15) is 0 Å². The highest BCUT2D eigenvalue weighted by molar-refractivity contribution is 6.37. The average Bonchev–Trinajstić information content (AvgIpc) is 2.97. The Labute approximate surface area is 156 Å². The molecule has 3 aromatic rings. The van der Waals surface area contributed by atoms with Gasteiger partial charge in [0, 0.05) is 11.8 Å². The second-order valence-electron chi connectivity index (χ2n) is 5.96. The number of halogens is 2. The van der Waals surface area contributed by atoms with Crippen LogP contribution in [0.15, 0.2) is 36.4 Å². The van der Waals surface area contributed by atoms with Crippen molar-refractivity contribution in [1.29, 1.82) is 0 Å². The zero-order valence-corrected chi connectivity index (χ0v) is 15.7. The van der Waals surface area contributed by atoms with Crippen LogP contribution < -0.4 is 4.74 Å². The molecule has 0 saturated carbocycles. The predicted octanol–water partition coefficient (Wildman–Crippen LogP) is 4.98. The molecule has 25 heavy (non-hydrogen) atoms. The van der Waals surface area contributed by atoms with Gasteiger partial charge in [-0.15, -0.1) is 5.10 Å². The lowest BCUT2D eigenvalue weighted by atomic mass is 10.1. The Bertz CT molecular complexity index is 872.